The van der Waals surface area contributed by atoms with Crippen LogP contribution < -0.4 is 5.32 Å². The van der Waals surface area contributed by atoms with Gasteiger partial charge in [-0.05, 0) is 20.9 Å². The van der Waals surface area contributed by atoms with Crippen molar-refractivity contribution in [1.29, 1.82) is 0 Å². The Bertz CT molecular complexity index is 61.9. The van der Waals surface area contributed by atoms with Crippen LogP contribution in [0.2, 0.25) is 0 Å². The van der Waals surface area contributed by atoms with Crippen LogP contribution in [-0.4, -0.2) is 31.1 Å². The number of rotatable bonds is 4. The molecule has 0 bridgehead atoms. The van der Waals surface area contributed by atoms with Crippen molar-refractivity contribution >= 4 is 0 Å². The predicted molar refractivity (Wildman–Crippen MR) is 39.9 cm³/mol. The summed E-state index contributed by atoms with van der Waals surface area (Å²) in [6, 6.07) is 0.657. The van der Waals surface area contributed by atoms with E-state index in [1.165, 1.54) is 0 Å². The Balaban J connectivity index is 3.16. The molecule has 0 aliphatic carbocycles. The van der Waals surface area contributed by atoms with E-state index in [2.05, 4.69) is 32.8 Å². The van der Waals surface area contributed by atoms with Crippen molar-refractivity contribution < 1.29 is 5.32 Å². The standard InChI is InChI=1S/C7H18N2/c1-7(2)9(4)6-5-8-3/h7H,3,5-6,8H2,1-2,4H3. The molecule has 0 saturated heterocycles. The number of nitrogens with zero attached hydrogens (tertiary/aromatic N) is 1. The van der Waals surface area contributed by atoms with Gasteiger partial charge in [-0.2, -0.15) is 7.05 Å². The molecule has 0 atom stereocenters. The smallest absolute Gasteiger partial charge is 0.0645 e. The van der Waals surface area contributed by atoms with Crippen LogP contribution in [0.25, 0.3) is 0 Å². The van der Waals surface area contributed by atoms with Gasteiger partial charge in [0.05, 0.1) is 6.54 Å². The van der Waals surface area contributed by atoms with Gasteiger partial charge in [0.1, 0.15) is 0 Å². The van der Waals surface area contributed by atoms with Gasteiger partial charge in [0.2, 0.25) is 0 Å². The summed E-state index contributed by atoms with van der Waals surface area (Å²) in [5, 5.41) is 1.96. The van der Waals surface area contributed by atoms with Gasteiger partial charge >= 0.3 is 0 Å². The third kappa shape index (κ3) is 4.43. The predicted octanol–water partition coefficient (Wildman–Crippen LogP) is -0.318. The summed E-state index contributed by atoms with van der Waals surface area (Å²) in [5.41, 5.74) is 0. The average molecular weight is 130 g/mol. The van der Waals surface area contributed by atoms with Crippen molar-refractivity contribution in [3.63, 3.8) is 0 Å². The van der Waals surface area contributed by atoms with E-state index in [4.69, 9.17) is 0 Å². The van der Waals surface area contributed by atoms with Crippen LogP contribution in [0.4, 0.5) is 0 Å². The molecule has 0 spiro atoms. The molecule has 0 saturated carbocycles. The van der Waals surface area contributed by atoms with Gasteiger partial charge in [0.15, 0.2) is 0 Å². The van der Waals surface area contributed by atoms with E-state index < -0.39 is 0 Å². The first kappa shape index (κ1) is 8.92. The molecule has 2 nitrogen and oxygen atoms in total. The number of likely N-dealkylation sites (N-methyl/N-ethyl adjacent to an activating group) is 1. The Morgan fingerprint density at radius 1 is 1.56 bits per heavy atom. The third-order valence-corrected chi connectivity index (χ3v) is 1.57. The van der Waals surface area contributed by atoms with E-state index in [9.17, 15) is 0 Å². The summed E-state index contributed by atoms with van der Waals surface area (Å²) in [5.74, 6) is 0. The molecular weight excluding hydrogens is 112 g/mol. The quantitative estimate of drug-likeness (QED) is 0.517. The highest BCUT2D eigenvalue weighted by molar-refractivity contribution is 4.53. The van der Waals surface area contributed by atoms with E-state index in [0.29, 0.717) is 6.04 Å². The number of hydrogen-bond donors (Lipinski definition) is 1. The Kier molecular flexibility index (Phi) is 4.72. The molecule has 0 aliphatic heterocycles. The summed E-state index contributed by atoms with van der Waals surface area (Å²) in [6.45, 7) is 6.61. The maximum atomic E-state index is 3.67. The average Bonchev–Trinajstić information content (AvgIpc) is 1.82. The lowest BCUT2D eigenvalue weighted by Gasteiger charge is -2.19. The van der Waals surface area contributed by atoms with Crippen molar-refractivity contribution in [3.05, 3.63) is 7.05 Å². The molecular formula is C7H18N2. The van der Waals surface area contributed by atoms with Crippen LogP contribution in [-0.2, 0) is 0 Å². The number of hydrogen-bond acceptors (Lipinski definition) is 1. The Hall–Kier alpha value is -0.0800. The fourth-order valence-corrected chi connectivity index (χ4v) is 0.553. The van der Waals surface area contributed by atoms with Gasteiger partial charge in [-0.25, -0.2) is 0 Å². The SMILES string of the molecule is [CH2-][NH2+]CCN(C)C(C)C. The zero-order valence-corrected chi connectivity index (χ0v) is 6.72. The lowest BCUT2D eigenvalue weighted by Crippen LogP contribution is -2.78. The highest BCUT2D eigenvalue weighted by Crippen LogP contribution is 1.89. The van der Waals surface area contributed by atoms with E-state index in [0.717, 1.165) is 13.1 Å². The normalized spacial score (nSPS) is 11.3. The fraction of sp³-hybridized carbons (Fsp3) is 0.857. The second kappa shape index (κ2) is 4.77. The molecule has 0 fully saturated rings. The topological polar surface area (TPSA) is 19.9 Å². The van der Waals surface area contributed by atoms with E-state index in [-0.39, 0.29) is 0 Å². The summed E-state index contributed by atoms with van der Waals surface area (Å²) < 4.78 is 0. The molecule has 0 aliphatic rings. The van der Waals surface area contributed by atoms with Crippen LogP contribution in [0.15, 0.2) is 0 Å². The second-order valence-electron chi connectivity index (χ2n) is 2.65. The molecule has 0 aromatic rings. The lowest BCUT2D eigenvalue weighted by atomic mass is 10.3. The van der Waals surface area contributed by atoms with Gasteiger partial charge in [-0.1, -0.05) is 0 Å². The molecule has 2 N–H and O–H groups in total. The monoisotopic (exact) mass is 130 g/mol. The molecule has 0 radical (unpaired) electrons. The van der Waals surface area contributed by atoms with E-state index in [1.807, 2.05) is 5.32 Å². The van der Waals surface area contributed by atoms with Gasteiger partial charge in [0.25, 0.3) is 0 Å². The van der Waals surface area contributed by atoms with Crippen molar-refractivity contribution in [2.75, 3.05) is 20.1 Å². The molecule has 0 aromatic carbocycles. The van der Waals surface area contributed by atoms with Crippen LogP contribution in [0.3, 0.4) is 0 Å². The highest BCUT2D eigenvalue weighted by atomic mass is 15.1. The summed E-state index contributed by atoms with van der Waals surface area (Å²) in [6.07, 6.45) is 0. The first-order valence-electron chi connectivity index (χ1n) is 3.49. The second-order valence-corrected chi connectivity index (χ2v) is 2.65. The van der Waals surface area contributed by atoms with Crippen LogP contribution in [0, 0.1) is 7.05 Å². The fourth-order valence-electron chi connectivity index (χ4n) is 0.553. The first-order chi connectivity index (χ1) is 4.18. The minimum absolute atomic E-state index is 0.657. The van der Waals surface area contributed by atoms with Crippen LogP contribution >= 0.6 is 0 Å². The number of quaternary nitrogens is 1. The molecule has 0 rings (SSSR count). The molecule has 0 amide bonds. The van der Waals surface area contributed by atoms with Gasteiger partial charge in [-0.3, -0.25) is 4.90 Å². The van der Waals surface area contributed by atoms with E-state index in [1.54, 1.807) is 0 Å². The maximum absolute atomic E-state index is 3.67. The largest absolute Gasteiger partial charge is 0.478 e. The number of nitrogens with two attached hydrogens (primary N) is 1. The Labute approximate surface area is 58.2 Å². The molecule has 0 heterocycles. The van der Waals surface area contributed by atoms with E-state index >= 15 is 0 Å². The molecule has 56 valence electrons. The minimum atomic E-state index is 0.657. The zero-order chi connectivity index (χ0) is 7.28. The van der Waals surface area contributed by atoms with Gasteiger partial charge in [-0.15, -0.1) is 0 Å². The summed E-state index contributed by atoms with van der Waals surface area (Å²) in [4.78, 5) is 2.31. The first-order valence-corrected chi connectivity index (χ1v) is 3.49. The van der Waals surface area contributed by atoms with Crippen molar-refractivity contribution in [3.8, 4) is 0 Å². The lowest BCUT2D eigenvalue weighted by molar-refractivity contribution is -0.595. The molecule has 2 heteroatoms. The van der Waals surface area contributed by atoms with Crippen molar-refractivity contribution in [2.24, 2.45) is 0 Å². The molecule has 9 heavy (non-hydrogen) atoms. The summed E-state index contributed by atoms with van der Waals surface area (Å²) >= 11 is 0. The Morgan fingerprint density at radius 3 is 2.44 bits per heavy atom. The van der Waals surface area contributed by atoms with Crippen LogP contribution in [0.5, 0.6) is 0 Å². The molecule has 0 unspecified atom stereocenters. The highest BCUT2D eigenvalue weighted by Gasteiger charge is 2.00. The minimum Gasteiger partial charge on any atom is -0.478 e. The Morgan fingerprint density at radius 2 is 2.11 bits per heavy atom. The van der Waals surface area contributed by atoms with Crippen molar-refractivity contribution in [2.45, 2.75) is 19.9 Å². The summed E-state index contributed by atoms with van der Waals surface area (Å²) in [7, 11) is 5.80. The van der Waals surface area contributed by atoms with Crippen molar-refractivity contribution in [1.82, 2.24) is 4.90 Å². The zero-order valence-electron chi connectivity index (χ0n) is 6.72. The van der Waals surface area contributed by atoms with Gasteiger partial charge < -0.3 is 5.32 Å². The van der Waals surface area contributed by atoms with Crippen LogP contribution in [0.1, 0.15) is 13.8 Å². The molecule has 0 aromatic heterocycles. The third-order valence-electron chi connectivity index (χ3n) is 1.57. The van der Waals surface area contributed by atoms with Gasteiger partial charge in [0, 0.05) is 12.6 Å². The maximum Gasteiger partial charge on any atom is 0.0645 e.